The van der Waals surface area contributed by atoms with Crippen LogP contribution in [0.25, 0.3) is 0 Å². The van der Waals surface area contributed by atoms with Gasteiger partial charge >= 0.3 is 12.3 Å². The van der Waals surface area contributed by atoms with Crippen molar-refractivity contribution in [3.05, 3.63) is 11.1 Å². The smallest absolute Gasteiger partial charge is 0.300 e. The quantitative estimate of drug-likeness (QED) is 0.616. The van der Waals surface area contributed by atoms with Crippen molar-refractivity contribution in [2.45, 2.75) is 18.9 Å². The van der Waals surface area contributed by atoms with E-state index in [2.05, 4.69) is 22.4 Å². The van der Waals surface area contributed by atoms with Gasteiger partial charge in [0.25, 0.3) is 0 Å². The number of alkyl halides is 4. The Bertz CT molecular complexity index is 331. The molecule has 74 valence electrons. The van der Waals surface area contributed by atoms with Gasteiger partial charge in [-0.05, 0) is 12.2 Å². The number of nitrogens with zero attached hydrogens (tertiary/aromatic N) is 2. The van der Waals surface area contributed by atoms with E-state index in [1.54, 1.807) is 0 Å². The van der Waals surface area contributed by atoms with E-state index in [1.165, 1.54) is 0 Å². The molecule has 13 heavy (non-hydrogen) atoms. The normalized spacial score (nSPS) is 12.4. The molecule has 0 atom stereocenters. The fraction of sp³-hybridized carbons (Fsp3) is 0.600. The minimum Gasteiger partial charge on any atom is -0.300 e. The van der Waals surface area contributed by atoms with Crippen LogP contribution in [0, 0.1) is 4.77 Å². The van der Waals surface area contributed by atoms with Crippen molar-refractivity contribution < 1.29 is 17.6 Å². The fourth-order valence-corrected chi connectivity index (χ4v) is 0.844. The van der Waals surface area contributed by atoms with Crippen LogP contribution in [0.5, 0.6) is 0 Å². The first kappa shape index (κ1) is 10.2. The van der Waals surface area contributed by atoms with Gasteiger partial charge in [-0.25, -0.2) is 8.78 Å². The highest BCUT2D eigenvalue weighted by Crippen LogP contribution is 2.24. The molecule has 0 aromatic carbocycles. The molecule has 3 nitrogen and oxygen atoms in total. The number of rotatable bonds is 3. The predicted octanol–water partition coefficient (Wildman–Crippen LogP) is 1.84. The van der Waals surface area contributed by atoms with Gasteiger partial charge in [0.2, 0.25) is 0 Å². The van der Waals surface area contributed by atoms with Crippen molar-refractivity contribution in [3.63, 3.8) is 0 Å². The van der Waals surface area contributed by atoms with Gasteiger partial charge < -0.3 is 4.57 Å². The lowest BCUT2D eigenvalue weighted by atomic mass is 10.3. The second-order valence-electron chi connectivity index (χ2n) is 2.35. The average Bonchev–Trinajstić information content (AvgIpc) is 2.35. The highest BCUT2D eigenvalue weighted by atomic mass is 32.1. The Morgan fingerprint density at radius 2 is 2.23 bits per heavy atom. The van der Waals surface area contributed by atoms with Gasteiger partial charge in [0.15, 0.2) is 4.77 Å². The van der Waals surface area contributed by atoms with Crippen molar-refractivity contribution in [2.24, 2.45) is 0 Å². The number of H-pyrrole nitrogens is 1. The van der Waals surface area contributed by atoms with Crippen LogP contribution in [0.3, 0.4) is 0 Å². The molecule has 0 fully saturated rings. The molecule has 0 bridgehead atoms. The molecule has 0 saturated carbocycles. The average molecular weight is 215 g/mol. The third-order valence-electron chi connectivity index (χ3n) is 1.32. The lowest BCUT2D eigenvalue weighted by Crippen LogP contribution is -2.31. The summed E-state index contributed by atoms with van der Waals surface area (Å²) in [5.41, 5.74) is 0. The Morgan fingerprint density at radius 3 is 2.62 bits per heavy atom. The fourth-order valence-electron chi connectivity index (χ4n) is 0.679. The number of halogens is 4. The maximum Gasteiger partial charge on any atom is 0.325 e. The Balaban J connectivity index is 2.80. The summed E-state index contributed by atoms with van der Waals surface area (Å²) in [6.45, 7) is -1.17. The van der Waals surface area contributed by atoms with Gasteiger partial charge in [0.05, 0.1) is 6.54 Å². The van der Waals surface area contributed by atoms with Crippen molar-refractivity contribution >= 4 is 12.2 Å². The largest absolute Gasteiger partial charge is 0.325 e. The molecule has 0 aliphatic carbocycles. The van der Waals surface area contributed by atoms with Crippen LogP contribution in [0.15, 0.2) is 6.33 Å². The molecule has 1 aromatic heterocycles. The Hall–Kier alpha value is -0.920. The summed E-state index contributed by atoms with van der Waals surface area (Å²) >= 11 is 4.51. The standard InChI is InChI=1S/C5H5F4N3S/c6-3(7)5(8,9)1-12-2-10-11-4(12)13/h2-3H,1H2,(H,11,13). The van der Waals surface area contributed by atoms with Crippen LogP contribution in [-0.2, 0) is 6.54 Å². The third kappa shape index (κ3) is 2.27. The second kappa shape index (κ2) is 3.44. The van der Waals surface area contributed by atoms with E-state index in [0.29, 0.717) is 0 Å². The number of hydrogen-bond donors (Lipinski definition) is 1. The van der Waals surface area contributed by atoms with Crippen LogP contribution in [0.2, 0.25) is 0 Å². The number of hydrogen-bond acceptors (Lipinski definition) is 2. The molecular formula is C5H5F4N3S. The summed E-state index contributed by atoms with van der Waals surface area (Å²) in [5, 5.41) is 5.50. The zero-order valence-corrected chi connectivity index (χ0v) is 6.99. The van der Waals surface area contributed by atoms with Gasteiger partial charge in [-0.1, -0.05) is 0 Å². The van der Waals surface area contributed by atoms with Crippen molar-refractivity contribution in [3.8, 4) is 0 Å². The first-order chi connectivity index (χ1) is 5.93. The molecule has 1 heterocycles. The maximum atomic E-state index is 12.4. The summed E-state index contributed by atoms with van der Waals surface area (Å²) in [7, 11) is 0. The molecule has 1 aromatic rings. The highest BCUT2D eigenvalue weighted by molar-refractivity contribution is 7.71. The summed E-state index contributed by atoms with van der Waals surface area (Å²) in [6, 6.07) is 0. The lowest BCUT2D eigenvalue weighted by molar-refractivity contribution is -0.138. The predicted molar refractivity (Wildman–Crippen MR) is 38.4 cm³/mol. The minimum atomic E-state index is -4.08. The second-order valence-corrected chi connectivity index (χ2v) is 2.74. The van der Waals surface area contributed by atoms with E-state index in [9.17, 15) is 17.6 Å². The summed E-state index contributed by atoms with van der Waals surface area (Å²) in [6.07, 6.45) is -2.76. The van der Waals surface area contributed by atoms with Gasteiger partial charge in [0.1, 0.15) is 6.33 Å². The summed E-state index contributed by atoms with van der Waals surface area (Å²) in [4.78, 5) is 0. The molecule has 0 saturated heterocycles. The molecule has 8 heteroatoms. The van der Waals surface area contributed by atoms with Crippen molar-refractivity contribution in [2.75, 3.05) is 0 Å². The van der Waals surface area contributed by atoms with E-state index in [1.807, 2.05) is 0 Å². The van der Waals surface area contributed by atoms with Gasteiger partial charge in [-0.2, -0.15) is 13.9 Å². The first-order valence-corrected chi connectivity index (χ1v) is 3.60. The van der Waals surface area contributed by atoms with Crippen molar-refractivity contribution in [1.82, 2.24) is 14.8 Å². The highest BCUT2D eigenvalue weighted by Gasteiger charge is 2.41. The zero-order valence-electron chi connectivity index (χ0n) is 6.18. The van der Waals surface area contributed by atoms with Crippen LogP contribution >= 0.6 is 12.2 Å². The molecule has 0 unspecified atom stereocenters. The molecule has 1 N–H and O–H groups in total. The molecule has 1 rings (SSSR count). The zero-order chi connectivity index (χ0) is 10.1. The molecule has 0 amide bonds. The van der Waals surface area contributed by atoms with Gasteiger partial charge in [-0.15, -0.1) is 0 Å². The van der Waals surface area contributed by atoms with E-state index in [4.69, 9.17) is 0 Å². The molecule has 0 radical (unpaired) electrons. The molecule has 0 aliphatic rings. The van der Waals surface area contributed by atoms with Crippen LogP contribution in [0.4, 0.5) is 17.6 Å². The third-order valence-corrected chi connectivity index (χ3v) is 1.64. The van der Waals surface area contributed by atoms with E-state index < -0.39 is 18.9 Å². The topological polar surface area (TPSA) is 33.6 Å². The van der Waals surface area contributed by atoms with E-state index >= 15 is 0 Å². The first-order valence-electron chi connectivity index (χ1n) is 3.19. The molecular weight excluding hydrogens is 210 g/mol. The van der Waals surface area contributed by atoms with E-state index in [0.717, 1.165) is 10.9 Å². The lowest BCUT2D eigenvalue weighted by Gasteiger charge is -2.14. The molecule has 0 spiro atoms. The summed E-state index contributed by atoms with van der Waals surface area (Å²) < 4.78 is 48.9. The van der Waals surface area contributed by atoms with Crippen LogP contribution in [-0.4, -0.2) is 27.1 Å². The van der Waals surface area contributed by atoms with Crippen LogP contribution < -0.4 is 0 Å². The molecule has 0 aliphatic heterocycles. The van der Waals surface area contributed by atoms with Gasteiger partial charge in [-0.3, -0.25) is 5.10 Å². The number of aromatic amines is 1. The van der Waals surface area contributed by atoms with Gasteiger partial charge in [0, 0.05) is 0 Å². The number of aromatic nitrogens is 3. The van der Waals surface area contributed by atoms with Crippen molar-refractivity contribution in [1.29, 1.82) is 0 Å². The Kier molecular flexibility index (Phi) is 2.69. The monoisotopic (exact) mass is 215 g/mol. The minimum absolute atomic E-state index is 0.111. The summed E-state index contributed by atoms with van der Waals surface area (Å²) in [5.74, 6) is -4.08. The SMILES string of the molecule is FC(F)C(F)(F)Cn1cn[nH]c1=S. The maximum absolute atomic E-state index is 12.4. The Labute approximate surface area is 75.4 Å². The Morgan fingerprint density at radius 1 is 1.62 bits per heavy atom. The number of nitrogens with one attached hydrogen (secondary N) is 1. The van der Waals surface area contributed by atoms with E-state index in [-0.39, 0.29) is 4.77 Å². The van der Waals surface area contributed by atoms with Crippen LogP contribution in [0.1, 0.15) is 0 Å².